The molecule has 3 heterocycles. The molecular formula is C34H30ClN3O3S. The number of rotatable bonds is 6. The first-order chi connectivity index (χ1) is 20.2. The maximum atomic E-state index is 14.2. The van der Waals surface area contributed by atoms with E-state index in [2.05, 4.69) is 35.8 Å². The smallest absolute Gasteiger partial charge is 0.338 e. The van der Waals surface area contributed by atoms with Gasteiger partial charge in [0.15, 0.2) is 4.80 Å². The number of esters is 1. The van der Waals surface area contributed by atoms with E-state index in [-0.39, 0.29) is 11.7 Å². The number of hydrogen-bond donors (Lipinski definition) is 0. The van der Waals surface area contributed by atoms with Gasteiger partial charge in [0.1, 0.15) is 0 Å². The van der Waals surface area contributed by atoms with Crippen LogP contribution >= 0.6 is 22.9 Å². The molecule has 1 atom stereocenters. The molecule has 3 aromatic carbocycles. The van der Waals surface area contributed by atoms with Crippen LogP contribution in [-0.2, 0) is 16.1 Å². The minimum Gasteiger partial charge on any atom is -0.459 e. The number of fused-ring (bicyclic) bond motifs is 2. The summed E-state index contributed by atoms with van der Waals surface area (Å²) >= 11 is 7.52. The third-order valence-electron chi connectivity index (χ3n) is 7.51. The normalized spacial score (nSPS) is 15.3. The fourth-order valence-corrected chi connectivity index (χ4v) is 6.72. The molecule has 0 spiro atoms. The maximum absolute atomic E-state index is 14.2. The van der Waals surface area contributed by atoms with E-state index in [1.165, 1.54) is 16.9 Å². The first-order valence-corrected chi connectivity index (χ1v) is 15.0. The molecule has 0 saturated carbocycles. The molecule has 2 aromatic heterocycles. The predicted octanol–water partition coefficient (Wildman–Crippen LogP) is 6.15. The fourth-order valence-electron chi connectivity index (χ4n) is 5.56. The predicted molar refractivity (Wildman–Crippen MR) is 169 cm³/mol. The van der Waals surface area contributed by atoms with Crippen molar-refractivity contribution in [2.24, 2.45) is 4.99 Å². The van der Waals surface area contributed by atoms with Crippen LogP contribution in [0.15, 0.2) is 99.9 Å². The van der Waals surface area contributed by atoms with Crippen LogP contribution in [0.5, 0.6) is 0 Å². The lowest BCUT2D eigenvalue weighted by Crippen LogP contribution is -2.40. The molecule has 0 saturated heterocycles. The molecule has 0 N–H and O–H groups in total. The Balaban J connectivity index is 1.54. The third kappa shape index (κ3) is 5.03. The van der Waals surface area contributed by atoms with Gasteiger partial charge in [0.05, 0.1) is 27.9 Å². The van der Waals surface area contributed by atoms with Gasteiger partial charge in [0, 0.05) is 33.7 Å². The summed E-state index contributed by atoms with van der Waals surface area (Å²) in [5, 5.41) is 1.64. The second-order valence-electron chi connectivity index (χ2n) is 10.7. The van der Waals surface area contributed by atoms with Crippen molar-refractivity contribution in [3.8, 4) is 0 Å². The summed E-state index contributed by atoms with van der Waals surface area (Å²) in [4.78, 5) is 32.8. The van der Waals surface area contributed by atoms with Crippen LogP contribution < -0.4 is 14.9 Å². The van der Waals surface area contributed by atoms with Gasteiger partial charge in [0.25, 0.3) is 5.56 Å². The van der Waals surface area contributed by atoms with Crippen molar-refractivity contribution in [3.63, 3.8) is 0 Å². The van der Waals surface area contributed by atoms with Crippen molar-refractivity contribution in [1.82, 2.24) is 9.13 Å². The molecular weight excluding hydrogens is 566 g/mol. The monoisotopic (exact) mass is 595 g/mol. The number of carbonyl (C=O) groups excluding carboxylic acids is 1. The van der Waals surface area contributed by atoms with Crippen LogP contribution in [-0.4, -0.2) is 21.2 Å². The minimum absolute atomic E-state index is 0.208. The zero-order chi connectivity index (χ0) is 29.5. The highest BCUT2D eigenvalue weighted by Gasteiger charge is 2.33. The Morgan fingerprint density at radius 1 is 1.02 bits per heavy atom. The molecule has 212 valence electrons. The minimum atomic E-state index is -0.688. The highest BCUT2D eigenvalue weighted by molar-refractivity contribution is 7.07. The molecule has 0 fully saturated rings. The SMILES string of the molecule is CC1=C(C(=O)OC(C)C)C(c2ccc(Cl)cc2)n2c(sc(=Cc3c(C)n(Cc4ccccc4)c4ccccc34)c2=O)=N1. The van der Waals surface area contributed by atoms with Crippen LogP contribution in [0.3, 0.4) is 0 Å². The lowest BCUT2D eigenvalue weighted by molar-refractivity contribution is -0.143. The Kier molecular flexibility index (Phi) is 7.47. The number of carbonyl (C=O) groups is 1. The van der Waals surface area contributed by atoms with E-state index in [1.807, 2.05) is 48.5 Å². The number of aromatic nitrogens is 2. The molecule has 1 aliphatic heterocycles. The molecule has 8 heteroatoms. The van der Waals surface area contributed by atoms with Gasteiger partial charge in [-0.05, 0) is 63.1 Å². The van der Waals surface area contributed by atoms with E-state index in [0.717, 1.165) is 34.3 Å². The third-order valence-corrected chi connectivity index (χ3v) is 8.74. The van der Waals surface area contributed by atoms with Crippen molar-refractivity contribution >= 4 is 45.9 Å². The van der Waals surface area contributed by atoms with Crippen molar-refractivity contribution in [2.75, 3.05) is 0 Å². The standard InChI is InChI=1S/C34H30ClN3O3S/c1-20(2)41-33(40)30-21(3)36-34-38(31(30)24-14-16-25(35)17-15-24)32(39)29(42-34)18-27-22(4)37(19-23-10-6-5-7-11-23)28-13-9-8-12-26(27)28/h5-18,20,31H,19H2,1-4H3. The average Bonchev–Trinajstić information content (AvgIpc) is 3.41. The molecule has 0 aliphatic carbocycles. The molecule has 0 amide bonds. The maximum Gasteiger partial charge on any atom is 0.338 e. The molecule has 0 radical (unpaired) electrons. The second kappa shape index (κ2) is 11.2. The van der Waals surface area contributed by atoms with E-state index in [9.17, 15) is 9.59 Å². The summed E-state index contributed by atoms with van der Waals surface area (Å²) in [6.45, 7) is 8.21. The van der Waals surface area contributed by atoms with Gasteiger partial charge >= 0.3 is 5.97 Å². The summed E-state index contributed by atoms with van der Waals surface area (Å²) in [6, 6.07) is 25.1. The highest BCUT2D eigenvalue weighted by Crippen LogP contribution is 2.32. The largest absolute Gasteiger partial charge is 0.459 e. The van der Waals surface area contributed by atoms with Gasteiger partial charge in [-0.1, -0.05) is 83.6 Å². The second-order valence-corrected chi connectivity index (χ2v) is 12.1. The number of hydrogen-bond acceptors (Lipinski definition) is 5. The number of thiazole rings is 1. The Morgan fingerprint density at radius 2 is 1.71 bits per heavy atom. The number of para-hydroxylation sites is 1. The highest BCUT2D eigenvalue weighted by atomic mass is 35.5. The van der Waals surface area contributed by atoms with E-state index in [4.69, 9.17) is 21.3 Å². The van der Waals surface area contributed by atoms with Crippen molar-refractivity contribution in [2.45, 2.75) is 46.4 Å². The topological polar surface area (TPSA) is 65.6 Å². The first kappa shape index (κ1) is 27.9. The number of allylic oxidation sites excluding steroid dienone is 1. The number of nitrogens with zero attached hydrogens (tertiary/aromatic N) is 3. The molecule has 1 unspecified atom stereocenters. The lowest BCUT2D eigenvalue weighted by Gasteiger charge is -2.25. The molecule has 1 aliphatic rings. The van der Waals surface area contributed by atoms with Gasteiger partial charge < -0.3 is 9.30 Å². The zero-order valence-electron chi connectivity index (χ0n) is 23.8. The van der Waals surface area contributed by atoms with Crippen LogP contribution in [0.1, 0.15) is 49.2 Å². The quantitative estimate of drug-likeness (QED) is 0.221. The summed E-state index contributed by atoms with van der Waals surface area (Å²) in [6.07, 6.45) is 1.65. The molecule has 0 bridgehead atoms. The summed E-state index contributed by atoms with van der Waals surface area (Å²) in [7, 11) is 0. The lowest BCUT2D eigenvalue weighted by atomic mass is 9.96. The van der Waals surface area contributed by atoms with Gasteiger partial charge in [-0.15, -0.1) is 0 Å². The van der Waals surface area contributed by atoms with E-state index >= 15 is 0 Å². The Bertz CT molecular complexity index is 2030. The molecule has 5 aromatic rings. The van der Waals surface area contributed by atoms with Crippen LogP contribution in [0.4, 0.5) is 0 Å². The van der Waals surface area contributed by atoms with Gasteiger partial charge in [-0.3, -0.25) is 9.36 Å². The molecule has 6 nitrogen and oxygen atoms in total. The summed E-state index contributed by atoms with van der Waals surface area (Å²) in [5.41, 5.74) is 5.79. The van der Waals surface area contributed by atoms with Crippen molar-refractivity contribution in [1.29, 1.82) is 0 Å². The fraction of sp³-hybridized carbons (Fsp3) is 0.206. The molecule has 6 rings (SSSR count). The zero-order valence-corrected chi connectivity index (χ0v) is 25.4. The van der Waals surface area contributed by atoms with Crippen LogP contribution in [0.25, 0.3) is 17.0 Å². The van der Waals surface area contributed by atoms with E-state index in [0.29, 0.717) is 25.6 Å². The van der Waals surface area contributed by atoms with Gasteiger partial charge in [-0.25, -0.2) is 9.79 Å². The Labute approximate surface area is 252 Å². The van der Waals surface area contributed by atoms with Gasteiger partial charge in [-0.2, -0.15) is 0 Å². The number of ether oxygens (including phenoxy) is 1. The van der Waals surface area contributed by atoms with Crippen LogP contribution in [0.2, 0.25) is 5.02 Å². The van der Waals surface area contributed by atoms with Crippen molar-refractivity contribution < 1.29 is 9.53 Å². The number of halogens is 1. The molecule has 42 heavy (non-hydrogen) atoms. The van der Waals surface area contributed by atoms with Crippen molar-refractivity contribution in [3.05, 3.63) is 137 Å². The van der Waals surface area contributed by atoms with Gasteiger partial charge in [0.2, 0.25) is 0 Å². The average molecular weight is 596 g/mol. The van der Waals surface area contributed by atoms with E-state index < -0.39 is 12.0 Å². The van der Waals surface area contributed by atoms with Crippen LogP contribution in [0, 0.1) is 6.92 Å². The number of benzene rings is 3. The Morgan fingerprint density at radius 3 is 2.43 bits per heavy atom. The summed E-state index contributed by atoms with van der Waals surface area (Å²) < 4.78 is 10.0. The first-order valence-electron chi connectivity index (χ1n) is 13.8. The van der Waals surface area contributed by atoms with E-state index in [1.54, 1.807) is 37.5 Å². The summed E-state index contributed by atoms with van der Waals surface area (Å²) in [5.74, 6) is -0.486. The Hall–Kier alpha value is -4.20.